The molecule has 1 heterocycles. The molecule has 1 saturated carbocycles. The van der Waals surface area contributed by atoms with Crippen molar-refractivity contribution in [3.63, 3.8) is 0 Å². The lowest BCUT2D eigenvalue weighted by atomic mass is 9.89. The van der Waals surface area contributed by atoms with Crippen molar-refractivity contribution in [2.24, 2.45) is 5.92 Å². The second-order valence-corrected chi connectivity index (χ2v) is 4.90. The van der Waals surface area contributed by atoms with Crippen LogP contribution in [-0.4, -0.2) is 17.6 Å². The monoisotopic (exact) mass is 234 g/mol. The van der Waals surface area contributed by atoms with Gasteiger partial charge in [-0.05, 0) is 38.2 Å². The second-order valence-electron chi connectivity index (χ2n) is 4.90. The lowest BCUT2D eigenvalue weighted by Crippen LogP contribution is -2.24. The molecule has 17 heavy (non-hydrogen) atoms. The van der Waals surface area contributed by atoms with Crippen LogP contribution in [-0.2, 0) is 0 Å². The van der Waals surface area contributed by atoms with E-state index in [9.17, 15) is 0 Å². The van der Waals surface area contributed by atoms with Crippen LogP contribution in [0.4, 0.5) is 5.82 Å². The predicted octanol–water partition coefficient (Wildman–Crippen LogP) is 3.47. The Morgan fingerprint density at radius 2 is 2.29 bits per heavy atom. The van der Waals surface area contributed by atoms with Crippen LogP contribution >= 0.6 is 0 Å². The zero-order valence-corrected chi connectivity index (χ0v) is 10.8. The Balaban J connectivity index is 1.95. The third-order valence-electron chi connectivity index (χ3n) is 3.26. The third-order valence-corrected chi connectivity index (χ3v) is 3.26. The molecule has 0 bridgehead atoms. The van der Waals surface area contributed by atoms with Gasteiger partial charge in [0.15, 0.2) is 0 Å². The van der Waals surface area contributed by atoms with Crippen LogP contribution in [0.1, 0.15) is 39.5 Å². The Morgan fingerprint density at radius 1 is 1.41 bits per heavy atom. The van der Waals surface area contributed by atoms with E-state index >= 15 is 0 Å². The maximum atomic E-state index is 5.96. The second kappa shape index (κ2) is 5.89. The number of hydrogen-bond acceptors (Lipinski definition) is 3. The molecule has 0 radical (unpaired) electrons. The highest BCUT2D eigenvalue weighted by Crippen LogP contribution is 2.26. The molecule has 1 aromatic rings. The minimum absolute atomic E-state index is 0.350. The van der Waals surface area contributed by atoms with E-state index in [-0.39, 0.29) is 0 Å². The molecule has 1 aliphatic carbocycles. The number of aromatic nitrogens is 1. The fourth-order valence-corrected chi connectivity index (χ4v) is 2.42. The van der Waals surface area contributed by atoms with Gasteiger partial charge in [-0.15, -0.1) is 0 Å². The Labute approximate surface area is 104 Å². The first kappa shape index (κ1) is 12.2. The molecule has 2 rings (SSSR count). The Morgan fingerprint density at radius 3 is 3.06 bits per heavy atom. The summed E-state index contributed by atoms with van der Waals surface area (Å²) in [5, 5.41) is 3.20. The highest BCUT2D eigenvalue weighted by molar-refractivity contribution is 5.36. The van der Waals surface area contributed by atoms with E-state index in [0.717, 1.165) is 37.0 Å². The average molecular weight is 234 g/mol. The summed E-state index contributed by atoms with van der Waals surface area (Å²) in [5.74, 6) is 2.43. The zero-order chi connectivity index (χ0) is 12.1. The van der Waals surface area contributed by atoms with Crippen molar-refractivity contribution in [3.05, 3.63) is 18.2 Å². The van der Waals surface area contributed by atoms with Crippen LogP contribution in [0.25, 0.3) is 0 Å². The molecular weight excluding hydrogens is 212 g/mol. The van der Waals surface area contributed by atoms with Crippen LogP contribution in [0.5, 0.6) is 5.88 Å². The Hall–Kier alpha value is -1.25. The molecule has 1 aromatic heterocycles. The lowest BCUT2D eigenvalue weighted by molar-refractivity contribution is 0.124. The van der Waals surface area contributed by atoms with Crippen molar-refractivity contribution in [2.45, 2.75) is 45.6 Å². The Kier molecular flexibility index (Phi) is 4.24. The van der Waals surface area contributed by atoms with Crippen molar-refractivity contribution in [1.82, 2.24) is 4.98 Å². The molecule has 3 nitrogen and oxygen atoms in total. The van der Waals surface area contributed by atoms with Crippen molar-refractivity contribution in [3.8, 4) is 5.88 Å². The van der Waals surface area contributed by atoms with Crippen LogP contribution in [0.3, 0.4) is 0 Å². The van der Waals surface area contributed by atoms with E-state index < -0.39 is 0 Å². The summed E-state index contributed by atoms with van der Waals surface area (Å²) in [7, 11) is 0. The molecule has 0 saturated heterocycles. The van der Waals surface area contributed by atoms with Gasteiger partial charge >= 0.3 is 0 Å². The minimum atomic E-state index is 0.350. The smallest absolute Gasteiger partial charge is 0.215 e. The molecular formula is C14H22N2O. The fourth-order valence-electron chi connectivity index (χ4n) is 2.42. The number of anilines is 1. The van der Waals surface area contributed by atoms with Gasteiger partial charge in [0.25, 0.3) is 0 Å². The van der Waals surface area contributed by atoms with E-state index in [1.54, 1.807) is 0 Å². The van der Waals surface area contributed by atoms with E-state index in [1.807, 2.05) is 18.2 Å². The molecule has 3 heteroatoms. The molecule has 2 unspecified atom stereocenters. The standard InChI is InChI=1S/C14H22N2O/c1-3-15-13-8-5-9-14(16-13)17-12-7-4-6-11(2)10-12/h5,8-9,11-12H,3-4,6-7,10H2,1-2H3,(H,15,16). The summed E-state index contributed by atoms with van der Waals surface area (Å²) in [4.78, 5) is 4.45. The van der Waals surface area contributed by atoms with Gasteiger partial charge in [0, 0.05) is 12.6 Å². The normalized spacial score (nSPS) is 24.4. The summed E-state index contributed by atoms with van der Waals surface area (Å²) in [6, 6.07) is 5.91. The average Bonchev–Trinajstić information content (AvgIpc) is 2.30. The van der Waals surface area contributed by atoms with Crippen molar-refractivity contribution >= 4 is 5.82 Å². The van der Waals surface area contributed by atoms with Gasteiger partial charge in [0.2, 0.25) is 5.88 Å². The van der Waals surface area contributed by atoms with E-state index in [0.29, 0.717) is 6.10 Å². The SMILES string of the molecule is CCNc1cccc(OC2CCCC(C)C2)n1. The first-order chi connectivity index (χ1) is 8.28. The van der Waals surface area contributed by atoms with Crippen molar-refractivity contribution < 1.29 is 4.74 Å². The summed E-state index contributed by atoms with van der Waals surface area (Å²) in [6.45, 7) is 5.26. The molecule has 0 aromatic carbocycles. The highest BCUT2D eigenvalue weighted by Gasteiger charge is 2.20. The van der Waals surface area contributed by atoms with Crippen molar-refractivity contribution in [2.75, 3.05) is 11.9 Å². The third kappa shape index (κ3) is 3.62. The van der Waals surface area contributed by atoms with Crippen LogP contribution < -0.4 is 10.1 Å². The van der Waals surface area contributed by atoms with Gasteiger partial charge in [-0.3, -0.25) is 0 Å². The van der Waals surface area contributed by atoms with E-state index in [4.69, 9.17) is 4.74 Å². The number of nitrogens with zero attached hydrogens (tertiary/aromatic N) is 1. The molecule has 2 atom stereocenters. The summed E-state index contributed by atoms with van der Waals surface area (Å²) < 4.78 is 5.96. The quantitative estimate of drug-likeness (QED) is 0.866. The molecule has 1 N–H and O–H groups in total. The first-order valence-electron chi connectivity index (χ1n) is 6.65. The van der Waals surface area contributed by atoms with Gasteiger partial charge < -0.3 is 10.1 Å². The van der Waals surface area contributed by atoms with Crippen molar-refractivity contribution in [1.29, 1.82) is 0 Å². The summed E-state index contributed by atoms with van der Waals surface area (Å²) in [5.41, 5.74) is 0. The number of hydrogen-bond donors (Lipinski definition) is 1. The van der Waals surface area contributed by atoms with E-state index in [2.05, 4.69) is 24.1 Å². The minimum Gasteiger partial charge on any atom is -0.474 e. The predicted molar refractivity (Wildman–Crippen MR) is 70.4 cm³/mol. The maximum Gasteiger partial charge on any atom is 0.215 e. The fraction of sp³-hybridized carbons (Fsp3) is 0.643. The summed E-state index contributed by atoms with van der Waals surface area (Å²) >= 11 is 0. The van der Waals surface area contributed by atoms with Gasteiger partial charge in [-0.1, -0.05) is 19.4 Å². The molecule has 1 fully saturated rings. The van der Waals surface area contributed by atoms with Crippen LogP contribution in [0.15, 0.2) is 18.2 Å². The van der Waals surface area contributed by atoms with Gasteiger partial charge in [0.05, 0.1) is 0 Å². The van der Waals surface area contributed by atoms with Gasteiger partial charge in [-0.2, -0.15) is 4.98 Å². The summed E-state index contributed by atoms with van der Waals surface area (Å²) in [6.07, 6.45) is 5.29. The molecule has 0 spiro atoms. The topological polar surface area (TPSA) is 34.1 Å². The number of rotatable bonds is 4. The van der Waals surface area contributed by atoms with Crippen LogP contribution in [0.2, 0.25) is 0 Å². The number of nitrogens with one attached hydrogen (secondary N) is 1. The molecule has 0 aliphatic heterocycles. The number of ether oxygens (including phenoxy) is 1. The largest absolute Gasteiger partial charge is 0.474 e. The lowest BCUT2D eigenvalue weighted by Gasteiger charge is -2.26. The van der Waals surface area contributed by atoms with Gasteiger partial charge in [0.1, 0.15) is 11.9 Å². The number of pyridine rings is 1. The van der Waals surface area contributed by atoms with Crippen LogP contribution in [0, 0.1) is 5.92 Å². The molecule has 0 amide bonds. The first-order valence-corrected chi connectivity index (χ1v) is 6.65. The highest BCUT2D eigenvalue weighted by atomic mass is 16.5. The van der Waals surface area contributed by atoms with E-state index in [1.165, 1.54) is 12.8 Å². The maximum absolute atomic E-state index is 5.96. The molecule has 94 valence electrons. The molecule has 1 aliphatic rings. The Bertz CT molecular complexity index is 354. The van der Waals surface area contributed by atoms with Gasteiger partial charge in [-0.25, -0.2) is 0 Å². The zero-order valence-electron chi connectivity index (χ0n) is 10.8.